The van der Waals surface area contributed by atoms with Gasteiger partial charge >= 0.3 is 0 Å². The molecule has 128 valence electrons. The highest BCUT2D eigenvalue weighted by atomic mass is 32.1. The number of aromatic amines is 1. The molecule has 1 N–H and O–H groups in total. The molecule has 3 rings (SSSR count). The molecule has 2 aromatic carbocycles. The van der Waals surface area contributed by atoms with Gasteiger partial charge < -0.3 is 9.64 Å². The standard InChI is InChI=1S/C18H19N5OS/c1-22(2)14-10-8-13(9-11-14)12-19-23-17(20-21-18(23)25)15-6-4-5-7-16(15)24-3/h4-12H,1-3H3,(H,21,25)/b19-12-. The van der Waals surface area contributed by atoms with Crippen LogP contribution in [0.3, 0.4) is 0 Å². The molecule has 0 aliphatic heterocycles. The van der Waals surface area contributed by atoms with Gasteiger partial charge in [0.25, 0.3) is 0 Å². The first-order valence-electron chi connectivity index (χ1n) is 7.72. The lowest BCUT2D eigenvalue weighted by molar-refractivity contribution is 0.416. The van der Waals surface area contributed by atoms with Gasteiger partial charge in [0.05, 0.1) is 18.9 Å². The van der Waals surface area contributed by atoms with Gasteiger partial charge in [0, 0.05) is 19.8 Å². The third-order valence-corrected chi connectivity index (χ3v) is 3.99. The van der Waals surface area contributed by atoms with Crippen LogP contribution >= 0.6 is 12.2 Å². The molecule has 0 aliphatic rings. The van der Waals surface area contributed by atoms with E-state index in [2.05, 4.69) is 15.3 Å². The minimum atomic E-state index is 0.419. The van der Waals surface area contributed by atoms with Gasteiger partial charge in [-0.3, -0.25) is 0 Å². The summed E-state index contributed by atoms with van der Waals surface area (Å²) in [6, 6.07) is 15.7. The molecule has 25 heavy (non-hydrogen) atoms. The van der Waals surface area contributed by atoms with Gasteiger partial charge in [0.1, 0.15) is 5.75 Å². The van der Waals surface area contributed by atoms with E-state index in [-0.39, 0.29) is 0 Å². The zero-order valence-electron chi connectivity index (χ0n) is 14.3. The zero-order chi connectivity index (χ0) is 17.8. The van der Waals surface area contributed by atoms with Crippen molar-refractivity contribution in [2.24, 2.45) is 5.10 Å². The SMILES string of the molecule is COc1ccccc1-c1n[nH]c(=S)n1/N=C\c1ccc(N(C)C)cc1. The first kappa shape index (κ1) is 16.9. The van der Waals surface area contributed by atoms with Gasteiger partial charge in [-0.2, -0.15) is 14.9 Å². The fourth-order valence-electron chi connectivity index (χ4n) is 2.39. The molecule has 0 bridgehead atoms. The molecule has 0 saturated heterocycles. The van der Waals surface area contributed by atoms with E-state index in [1.165, 1.54) is 0 Å². The third-order valence-electron chi connectivity index (χ3n) is 3.73. The lowest BCUT2D eigenvalue weighted by Crippen LogP contribution is -2.08. The Kier molecular flexibility index (Phi) is 4.95. The summed E-state index contributed by atoms with van der Waals surface area (Å²) in [7, 11) is 5.64. The van der Waals surface area contributed by atoms with Crippen molar-refractivity contribution in [1.82, 2.24) is 14.9 Å². The normalized spacial score (nSPS) is 11.0. The number of para-hydroxylation sites is 1. The van der Waals surface area contributed by atoms with Crippen molar-refractivity contribution in [3.8, 4) is 17.1 Å². The van der Waals surface area contributed by atoms with Crippen LogP contribution in [0.2, 0.25) is 0 Å². The van der Waals surface area contributed by atoms with E-state index in [9.17, 15) is 0 Å². The Morgan fingerprint density at radius 2 is 1.88 bits per heavy atom. The first-order chi connectivity index (χ1) is 12.1. The summed E-state index contributed by atoms with van der Waals surface area (Å²) in [5, 5.41) is 11.6. The van der Waals surface area contributed by atoms with Crippen molar-refractivity contribution in [3.05, 3.63) is 58.9 Å². The summed E-state index contributed by atoms with van der Waals surface area (Å²) >= 11 is 5.31. The molecule has 0 fully saturated rings. The minimum Gasteiger partial charge on any atom is -0.496 e. The Hall–Kier alpha value is -2.93. The van der Waals surface area contributed by atoms with E-state index in [0.717, 1.165) is 16.8 Å². The number of rotatable bonds is 5. The van der Waals surface area contributed by atoms with Crippen LogP contribution in [0.5, 0.6) is 5.75 Å². The van der Waals surface area contributed by atoms with Gasteiger partial charge in [-0.05, 0) is 42.0 Å². The quantitative estimate of drug-likeness (QED) is 0.563. The highest BCUT2D eigenvalue weighted by molar-refractivity contribution is 7.71. The van der Waals surface area contributed by atoms with Gasteiger partial charge in [0.15, 0.2) is 5.82 Å². The van der Waals surface area contributed by atoms with Crippen molar-refractivity contribution in [1.29, 1.82) is 0 Å². The maximum absolute atomic E-state index is 5.40. The number of ether oxygens (including phenoxy) is 1. The topological polar surface area (TPSA) is 58.4 Å². The molecule has 3 aromatic rings. The number of H-pyrrole nitrogens is 1. The highest BCUT2D eigenvalue weighted by Gasteiger charge is 2.12. The van der Waals surface area contributed by atoms with E-state index >= 15 is 0 Å². The summed E-state index contributed by atoms with van der Waals surface area (Å²) in [6.07, 6.45) is 1.75. The molecule has 0 aliphatic carbocycles. The summed E-state index contributed by atoms with van der Waals surface area (Å²) in [6.45, 7) is 0. The maximum atomic E-state index is 5.40. The summed E-state index contributed by atoms with van der Waals surface area (Å²) in [4.78, 5) is 2.05. The Bertz CT molecular complexity index is 941. The van der Waals surface area contributed by atoms with Crippen LogP contribution < -0.4 is 9.64 Å². The van der Waals surface area contributed by atoms with Crippen molar-refractivity contribution >= 4 is 24.1 Å². The summed E-state index contributed by atoms with van der Waals surface area (Å²) in [5.41, 5.74) is 2.92. The molecule has 0 amide bonds. The predicted molar refractivity (Wildman–Crippen MR) is 103 cm³/mol. The molecular formula is C18H19N5OS. The molecule has 6 nitrogen and oxygen atoms in total. The molecule has 1 heterocycles. The molecule has 0 atom stereocenters. The number of nitrogens with zero attached hydrogens (tertiary/aromatic N) is 4. The smallest absolute Gasteiger partial charge is 0.216 e. The lowest BCUT2D eigenvalue weighted by Gasteiger charge is -2.11. The number of nitrogens with one attached hydrogen (secondary N) is 1. The molecular weight excluding hydrogens is 334 g/mol. The number of aromatic nitrogens is 3. The second-order valence-electron chi connectivity index (χ2n) is 5.59. The fraction of sp³-hybridized carbons (Fsp3) is 0.167. The number of hydrogen-bond acceptors (Lipinski definition) is 5. The monoisotopic (exact) mass is 353 g/mol. The maximum Gasteiger partial charge on any atom is 0.216 e. The molecule has 0 spiro atoms. The van der Waals surface area contributed by atoms with Gasteiger partial charge in [-0.15, -0.1) is 0 Å². The second-order valence-corrected chi connectivity index (χ2v) is 5.98. The van der Waals surface area contributed by atoms with E-state index in [4.69, 9.17) is 17.0 Å². The first-order valence-corrected chi connectivity index (χ1v) is 8.13. The Morgan fingerprint density at radius 1 is 1.16 bits per heavy atom. The van der Waals surface area contributed by atoms with E-state index < -0.39 is 0 Å². The van der Waals surface area contributed by atoms with Crippen LogP contribution in [-0.4, -0.2) is 42.3 Å². The zero-order valence-corrected chi connectivity index (χ0v) is 15.1. The Labute approximate surface area is 151 Å². The van der Waals surface area contributed by atoms with Gasteiger partial charge in [-0.1, -0.05) is 24.3 Å². The predicted octanol–water partition coefficient (Wildman–Crippen LogP) is 3.56. The van der Waals surface area contributed by atoms with Crippen LogP contribution in [0.15, 0.2) is 53.6 Å². The van der Waals surface area contributed by atoms with Crippen LogP contribution in [0.25, 0.3) is 11.4 Å². The highest BCUT2D eigenvalue weighted by Crippen LogP contribution is 2.28. The summed E-state index contributed by atoms with van der Waals surface area (Å²) in [5.74, 6) is 1.31. The molecule has 0 unspecified atom stereocenters. The summed E-state index contributed by atoms with van der Waals surface area (Å²) < 4.78 is 7.41. The average Bonchev–Trinajstić information content (AvgIpc) is 3.00. The van der Waals surface area contributed by atoms with Crippen molar-refractivity contribution in [2.45, 2.75) is 0 Å². The second kappa shape index (κ2) is 7.31. The fourth-order valence-corrected chi connectivity index (χ4v) is 2.56. The van der Waals surface area contributed by atoms with Crippen molar-refractivity contribution < 1.29 is 4.74 Å². The number of benzene rings is 2. The van der Waals surface area contributed by atoms with Crippen molar-refractivity contribution in [3.63, 3.8) is 0 Å². The minimum absolute atomic E-state index is 0.419. The van der Waals surface area contributed by atoms with Crippen LogP contribution in [0, 0.1) is 4.77 Å². The molecule has 0 saturated carbocycles. The largest absolute Gasteiger partial charge is 0.496 e. The molecule has 0 radical (unpaired) electrons. The van der Waals surface area contributed by atoms with E-state index in [1.54, 1.807) is 18.0 Å². The average molecular weight is 353 g/mol. The Balaban J connectivity index is 1.96. The van der Waals surface area contributed by atoms with Crippen LogP contribution in [-0.2, 0) is 0 Å². The molecule has 1 aromatic heterocycles. The van der Waals surface area contributed by atoms with Crippen molar-refractivity contribution in [2.75, 3.05) is 26.1 Å². The van der Waals surface area contributed by atoms with Crippen LogP contribution in [0.1, 0.15) is 5.56 Å². The lowest BCUT2D eigenvalue weighted by atomic mass is 10.2. The van der Waals surface area contributed by atoms with Gasteiger partial charge in [0.2, 0.25) is 4.77 Å². The van der Waals surface area contributed by atoms with E-state index in [1.807, 2.05) is 67.5 Å². The Morgan fingerprint density at radius 3 is 2.56 bits per heavy atom. The number of hydrogen-bond donors (Lipinski definition) is 1. The number of anilines is 1. The third kappa shape index (κ3) is 3.61. The molecule has 7 heteroatoms. The van der Waals surface area contributed by atoms with Gasteiger partial charge in [-0.25, -0.2) is 5.10 Å². The van der Waals surface area contributed by atoms with Crippen LogP contribution in [0.4, 0.5) is 5.69 Å². The number of methoxy groups -OCH3 is 1. The van der Waals surface area contributed by atoms with E-state index in [0.29, 0.717) is 16.3 Å².